The first kappa shape index (κ1) is 15.6. The molecule has 1 aromatic rings. The molecule has 1 aliphatic heterocycles. The third kappa shape index (κ3) is 2.71. The number of ketones is 2. The molecule has 0 N–H and O–H groups in total. The van der Waals surface area contributed by atoms with E-state index in [1.165, 1.54) is 0 Å². The summed E-state index contributed by atoms with van der Waals surface area (Å²) < 4.78 is 0. The van der Waals surface area contributed by atoms with E-state index >= 15 is 0 Å². The fraction of sp³-hybridized carbons (Fsp3) is 0.444. The highest BCUT2D eigenvalue weighted by atomic mass is 16.2. The average molecular weight is 313 g/mol. The number of fused-ring (bicyclic) bond motifs is 1. The summed E-state index contributed by atoms with van der Waals surface area (Å²) in [4.78, 5) is 49.7. The Hall–Kier alpha value is -2.30. The number of Topliss-reactive ketones (excluding diaryl/α,β-unsaturated/α-hetero) is 2. The first-order chi connectivity index (χ1) is 10.9. The highest BCUT2D eigenvalue weighted by Crippen LogP contribution is 2.30. The summed E-state index contributed by atoms with van der Waals surface area (Å²) in [6.45, 7) is 4.18. The summed E-state index contributed by atoms with van der Waals surface area (Å²) in [5.41, 5.74) is 1.73. The van der Waals surface area contributed by atoms with Gasteiger partial charge >= 0.3 is 0 Å². The van der Waals surface area contributed by atoms with E-state index in [0.717, 1.165) is 16.9 Å². The molecule has 2 aliphatic rings. The number of nitrogens with zero attached hydrogens (tertiary/aromatic N) is 1. The zero-order valence-electron chi connectivity index (χ0n) is 13.3. The van der Waals surface area contributed by atoms with Gasteiger partial charge in [-0.05, 0) is 36.5 Å². The zero-order valence-corrected chi connectivity index (χ0v) is 13.3. The molecule has 1 aromatic carbocycles. The van der Waals surface area contributed by atoms with Crippen LogP contribution in [0.1, 0.15) is 59.4 Å². The normalized spacial score (nSPS) is 21.3. The predicted molar refractivity (Wildman–Crippen MR) is 83.1 cm³/mol. The van der Waals surface area contributed by atoms with E-state index < -0.39 is 17.9 Å². The molecule has 1 atom stereocenters. The van der Waals surface area contributed by atoms with Gasteiger partial charge in [0.05, 0.1) is 23.6 Å². The van der Waals surface area contributed by atoms with Crippen LogP contribution in [-0.2, 0) is 16.0 Å². The number of imide groups is 1. The van der Waals surface area contributed by atoms with Crippen molar-refractivity contribution in [1.29, 1.82) is 0 Å². The number of hydrogen-bond acceptors (Lipinski definition) is 4. The molecule has 1 fully saturated rings. The van der Waals surface area contributed by atoms with Gasteiger partial charge in [0.15, 0.2) is 5.78 Å². The lowest BCUT2D eigenvalue weighted by Gasteiger charge is -2.27. The zero-order chi connectivity index (χ0) is 16.7. The molecule has 23 heavy (non-hydrogen) atoms. The summed E-state index contributed by atoms with van der Waals surface area (Å²) in [6.07, 6.45) is 1.12. The van der Waals surface area contributed by atoms with Crippen molar-refractivity contribution in [3.63, 3.8) is 0 Å². The molecule has 1 aliphatic carbocycles. The molecular formula is C18H19NO4. The molecule has 0 bridgehead atoms. The van der Waals surface area contributed by atoms with E-state index in [9.17, 15) is 19.2 Å². The van der Waals surface area contributed by atoms with Gasteiger partial charge in [0.2, 0.25) is 0 Å². The Bertz CT molecular complexity index is 720. The summed E-state index contributed by atoms with van der Waals surface area (Å²) in [7, 11) is 0. The van der Waals surface area contributed by atoms with Crippen LogP contribution in [0.3, 0.4) is 0 Å². The molecule has 0 saturated heterocycles. The van der Waals surface area contributed by atoms with Crippen LogP contribution in [0.4, 0.5) is 0 Å². The van der Waals surface area contributed by atoms with Crippen molar-refractivity contribution in [2.24, 2.45) is 5.92 Å². The molecule has 1 heterocycles. The molecular weight excluding hydrogens is 294 g/mol. The minimum absolute atomic E-state index is 0.123. The van der Waals surface area contributed by atoms with Gasteiger partial charge in [0, 0.05) is 6.42 Å². The Labute approximate surface area is 134 Å². The highest BCUT2D eigenvalue weighted by Gasteiger charge is 2.44. The lowest BCUT2D eigenvalue weighted by molar-refractivity contribution is -0.132. The van der Waals surface area contributed by atoms with E-state index in [4.69, 9.17) is 0 Å². The number of hydrogen-bond donors (Lipinski definition) is 0. The van der Waals surface area contributed by atoms with E-state index in [0.29, 0.717) is 17.0 Å². The van der Waals surface area contributed by atoms with Gasteiger partial charge in [-0.2, -0.15) is 0 Å². The van der Waals surface area contributed by atoms with E-state index in [1.54, 1.807) is 12.1 Å². The van der Waals surface area contributed by atoms with Crippen LogP contribution in [0.25, 0.3) is 0 Å². The molecule has 0 aromatic heterocycles. The van der Waals surface area contributed by atoms with E-state index in [-0.39, 0.29) is 30.8 Å². The summed E-state index contributed by atoms with van der Waals surface area (Å²) >= 11 is 0. The molecule has 5 heteroatoms. The van der Waals surface area contributed by atoms with Crippen LogP contribution in [0.2, 0.25) is 0 Å². The molecule has 0 radical (unpaired) electrons. The van der Waals surface area contributed by atoms with Crippen molar-refractivity contribution >= 4 is 23.4 Å². The van der Waals surface area contributed by atoms with Crippen molar-refractivity contribution in [2.45, 2.75) is 45.6 Å². The van der Waals surface area contributed by atoms with Crippen LogP contribution in [0.15, 0.2) is 18.2 Å². The van der Waals surface area contributed by atoms with Crippen molar-refractivity contribution < 1.29 is 19.2 Å². The summed E-state index contributed by atoms with van der Waals surface area (Å²) in [6, 6.07) is 4.49. The molecule has 0 spiro atoms. The first-order valence-electron chi connectivity index (χ1n) is 7.93. The maximum atomic E-state index is 12.6. The number of amides is 2. The number of rotatable bonds is 3. The second kappa shape index (κ2) is 5.72. The molecule has 3 rings (SSSR count). The van der Waals surface area contributed by atoms with Crippen LogP contribution < -0.4 is 0 Å². The fourth-order valence-electron chi connectivity index (χ4n) is 3.32. The third-order valence-electron chi connectivity index (χ3n) is 4.38. The lowest BCUT2D eigenvalue weighted by Crippen LogP contribution is -2.47. The third-order valence-corrected chi connectivity index (χ3v) is 4.38. The maximum Gasteiger partial charge on any atom is 0.262 e. The lowest BCUT2D eigenvalue weighted by atomic mass is 9.92. The monoisotopic (exact) mass is 313 g/mol. The van der Waals surface area contributed by atoms with Gasteiger partial charge in [0.1, 0.15) is 5.78 Å². The molecule has 2 amide bonds. The molecule has 1 unspecified atom stereocenters. The predicted octanol–water partition coefficient (Wildman–Crippen LogP) is 2.17. The number of benzene rings is 1. The maximum absolute atomic E-state index is 12.6. The van der Waals surface area contributed by atoms with Crippen LogP contribution in [-0.4, -0.2) is 34.3 Å². The summed E-state index contributed by atoms with van der Waals surface area (Å²) in [5, 5.41) is 0. The smallest absolute Gasteiger partial charge is 0.262 e. The number of carbonyl (C=O) groups excluding carboxylic acids is 4. The van der Waals surface area contributed by atoms with Crippen LogP contribution in [0.5, 0.6) is 0 Å². The number of carbonyl (C=O) groups is 4. The van der Waals surface area contributed by atoms with Gasteiger partial charge in [0.25, 0.3) is 11.8 Å². The Kier molecular flexibility index (Phi) is 3.88. The van der Waals surface area contributed by atoms with Gasteiger partial charge in [-0.25, -0.2) is 0 Å². The second-order valence-electron chi connectivity index (χ2n) is 6.69. The largest absolute Gasteiger partial charge is 0.299 e. The van der Waals surface area contributed by atoms with Gasteiger partial charge in [-0.15, -0.1) is 0 Å². The minimum Gasteiger partial charge on any atom is -0.299 e. The molecule has 120 valence electrons. The van der Waals surface area contributed by atoms with Crippen LogP contribution >= 0.6 is 0 Å². The van der Waals surface area contributed by atoms with Crippen molar-refractivity contribution in [1.82, 2.24) is 4.90 Å². The van der Waals surface area contributed by atoms with E-state index in [1.807, 2.05) is 6.07 Å². The molecule has 5 nitrogen and oxygen atoms in total. The summed E-state index contributed by atoms with van der Waals surface area (Å²) in [5.74, 6) is -0.848. The SMILES string of the molecule is CC(C)Cc1ccc2c(c1)C(=O)N(C1CCC(=O)CC1=O)C2=O. The topological polar surface area (TPSA) is 71.5 Å². The van der Waals surface area contributed by atoms with E-state index in [2.05, 4.69) is 13.8 Å². The van der Waals surface area contributed by atoms with Gasteiger partial charge < -0.3 is 0 Å². The Morgan fingerprint density at radius 2 is 1.78 bits per heavy atom. The van der Waals surface area contributed by atoms with Crippen LogP contribution in [0, 0.1) is 5.92 Å². The van der Waals surface area contributed by atoms with Gasteiger partial charge in [-0.3, -0.25) is 24.1 Å². The Balaban J connectivity index is 1.91. The minimum atomic E-state index is -0.798. The van der Waals surface area contributed by atoms with Crippen molar-refractivity contribution in [3.8, 4) is 0 Å². The Morgan fingerprint density at radius 3 is 2.43 bits per heavy atom. The molecule has 1 saturated carbocycles. The second-order valence-corrected chi connectivity index (χ2v) is 6.69. The first-order valence-corrected chi connectivity index (χ1v) is 7.93. The van der Waals surface area contributed by atoms with Crippen molar-refractivity contribution in [3.05, 3.63) is 34.9 Å². The quantitative estimate of drug-likeness (QED) is 0.633. The highest BCUT2D eigenvalue weighted by molar-refractivity contribution is 6.23. The average Bonchev–Trinajstić information content (AvgIpc) is 2.71. The van der Waals surface area contributed by atoms with Crippen molar-refractivity contribution in [2.75, 3.05) is 0 Å². The fourth-order valence-corrected chi connectivity index (χ4v) is 3.32. The Morgan fingerprint density at radius 1 is 1.09 bits per heavy atom. The van der Waals surface area contributed by atoms with Gasteiger partial charge in [-0.1, -0.05) is 19.9 Å². The standard InChI is InChI=1S/C18H19NO4/c1-10(2)7-11-3-5-13-14(8-11)18(23)19(17(13)22)15-6-4-12(20)9-16(15)21/h3,5,8,10,15H,4,6-7,9H2,1-2H3.